The van der Waals surface area contributed by atoms with E-state index in [2.05, 4.69) is 6.07 Å². The molecule has 2 aliphatic rings. The van der Waals surface area contributed by atoms with Crippen molar-refractivity contribution in [3.63, 3.8) is 0 Å². The van der Waals surface area contributed by atoms with Crippen LogP contribution in [0.15, 0.2) is 41.0 Å². The molecule has 1 atom stereocenters. The van der Waals surface area contributed by atoms with Gasteiger partial charge < -0.3 is 10.5 Å². The highest BCUT2D eigenvalue weighted by Crippen LogP contribution is 2.48. The van der Waals surface area contributed by atoms with Gasteiger partial charge in [-0.05, 0) is 30.4 Å². The van der Waals surface area contributed by atoms with Crippen molar-refractivity contribution in [1.29, 1.82) is 5.26 Å². The topological polar surface area (TPSA) is 76.1 Å². The summed E-state index contributed by atoms with van der Waals surface area (Å²) in [6.07, 6.45) is 1.10. The number of nitrogens with zero attached hydrogens (tertiary/aromatic N) is 1. The monoisotopic (exact) mass is 322 g/mol. The van der Waals surface area contributed by atoms with Crippen molar-refractivity contribution in [3.05, 3.63) is 57.7 Å². The van der Waals surface area contributed by atoms with Gasteiger partial charge in [-0.25, -0.2) is 0 Å². The van der Waals surface area contributed by atoms with E-state index in [1.54, 1.807) is 0 Å². The van der Waals surface area contributed by atoms with Crippen molar-refractivity contribution in [2.45, 2.75) is 46.5 Å². The molecule has 4 nitrogen and oxygen atoms in total. The summed E-state index contributed by atoms with van der Waals surface area (Å²) in [6, 6.07) is 8.24. The molecule has 1 aliphatic heterocycles. The van der Waals surface area contributed by atoms with Crippen molar-refractivity contribution in [1.82, 2.24) is 0 Å². The van der Waals surface area contributed by atoms with Crippen LogP contribution in [0.5, 0.6) is 0 Å². The molecule has 0 fully saturated rings. The van der Waals surface area contributed by atoms with Crippen LogP contribution in [0.25, 0.3) is 0 Å². The number of allylic oxidation sites excluding steroid dienone is 3. The first kappa shape index (κ1) is 16.3. The number of ether oxygens (including phenoxy) is 1. The number of hydrogen-bond acceptors (Lipinski definition) is 4. The van der Waals surface area contributed by atoms with E-state index in [1.165, 1.54) is 0 Å². The highest BCUT2D eigenvalue weighted by molar-refractivity contribution is 6.00. The minimum atomic E-state index is -0.428. The second-order valence-electron chi connectivity index (χ2n) is 7.56. The Morgan fingerprint density at radius 2 is 2.00 bits per heavy atom. The number of carbonyl (C=O) groups excluding carboxylic acids is 1. The molecule has 124 valence electrons. The standard InChI is InChI=1S/C20H22N2O2/c1-11-5-6-12(2)13(7-11)17-14(10-21)19(22)24-16-9-20(3,4)8-15(23)18(16)17/h5-7,17H,8-9,22H2,1-4H3/t17-/m1/s1. The van der Waals surface area contributed by atoms with E-state index in [1.807, 2.05) is 45.9 Å². The third-order valence-electron chi connectivity index (χ3n) is 4.82. The van der Waals surface area contributed by atoms with E-state index in [-0.39, 0.29) is 17.1 Å². The smallest absolute Gasteiger partial charge is 0.205 e. The van der Waals surface area contributed by atoms with Crippen LogP contribution in [0.2, 0.25) is 0 Å². The summed E-state index contributed by atoms with van der Waals surface area (Å²) in [5.41, 5.74) is 9.89. The summed E-state index contributed by atoms with van der Waals surface area (Å²) >= 11 is 0. The molecule has 0 aromatic heterocycles. The number of hydrogen-bond donors (Lipinski definition) is 1. The summed E-state index contributed by atoms with van der Waals surface area (Å²) in [4.78, 5) is 12.9. The average molecular weight is 322 g/mol. The molecular formula is C20H22N2O2. The molecule has 0 bridgehead atoms. The molecule has 0 amide bonds. The molecule has 1 heterocycles. The predicted molar refractivity (Wildman–Crippen MR) is 91.6 cm³/mol. The van der Waals surface area contributed by atoms with Crippen molar-refractivity contribution < 1.29 is 9.53 Å². The molecule has 1 aliphatic carbocycles. The maximum absolute atomic E-state index is 12.9. The lowest BCUT2D eigenvalue weighted by Crippen LogP contribution is -2.33. The molecule has 0 saturated heterocycles. The van der Waals surface area contributed by atoms with Gasteiger partial charge in [0.05, 0.1) is 5.92 Å². The number of aryl methyl sites for hydroxylation is 2. The van der Waals surface area contributed by atoms with Crippen molar-refractivity contribution in [3.8, 4) is 6.07 Å². The Morgan fingerprint density at radius 1 is 1.29 bits per heavy atom. The molecule has 4 heteroatoms. The van der Waals surface area contributed by atoms with Crippen molar-refractivity contribution in [2.75, 3.05) is 0 Å². The number of nitrogens with two attached hydrogens (primary N) is 1. The summed E-state index contributed by atoms with van der Waals surface area (Å²) in [5, 5.41) is 9.63. The number of carbonyl (C=O) groups is 1. The summed E-state index contributed by atoms with van der Waals surface area (Å²) in [5.74, 6) is 0.362. The van der Waals surface area contributed by atoms with Crippen LogP contribution in [0.3, 0.4) is 0 Å². The highest BCUT2D eigenvalue weighted by atomic mass is 16.5. The van der Waals surface area contributed by atoms with E-state index in [9.17, 15) is 10.1 Å². The Labute approximate surface area is 142 Å². The number of benzene rings is 1. The van der Waals surface area contributed by atoms with Crippen molar-refractivity contribution in [2.24, 2.45) is 11.1 Å². The maximum Gasteiger partial charge on any atom is 0.205 e. The van der Waals surface area contributed by atoms with E-state index in [0.717, 1.165) is 16.7 Å². The second-order valence-corrected chi connectivity index (χ2v) is 7.56. The molecule has 2 N–H and O–H groups in total. The Bertz CT molecular complexity index is 838. The number of nitriles is 1. The van der Waals surface area contributed by atoms with E-state index in [0.29, 0.717) is 29.7 Å². The Hall–Kier alpha value is -2.54. The van der Waals surface area contributed by atoms with E-state index in [4.69, 9.17) is 10.5 Å². The number of Topliss-reactive ketones (excluding diaryl/α,β-unsaturated/α-hetero) is 1. The van der Waals surface area contributed by atoms with Crippen molar-refractivity contribution >= 4 is 5.78 Å². The molecule has 1 aromatic rings. The van der Waals surface area contributed by atoms with Gasteiger partial charge in [0, 0.05) is 18.4 Å². The minimum absolute atomic E-state index is 0.0485. The maximum atomic E-state index is 12.9. The van der Waals surface area contributed by atoms with Crippen LogP contribution in [-0.4, -0.2) is 5.78 Å². The second kappa shape index (κ2) is 5.52. The molecule has 3 rings (SSSR count). The van der Waals surface area contributed by atoms with Gasteiger partial charge in [-0.3, -0.25) is 4.79 Å². The van der Waals surface area contributed by atoms with Gasteiger partial charge in [0.1, 0.15) is 17.4 Å². The normalized spacial score (nSPS) is 22.8. The van der Waals surface area contributed by atoms with Gasteiger partial charge in [-0.2, -0.15) is 5.26 Å². The first-order chi connectivity index (χ1) is 11.2. The lowest BCUT2D eigenvalue weighted by atomic mass is 9.69. The highest BCUT2D eigenvalue weighted by Gasteiger charge is 2.43. The largest absolute Gasteiger partial charge is 0.444 e. The minimum Gasteiger partial charge on any atom is -0.444 e. The number of ketones is 1. The third kappa shape index (κ3) is 2.60. The zero-order valence-electron chi connectivity index (χ0n) is 14.6. The molecule has 0 spiro atoms. The summed E-state index contributed by atoms with van der Waals surface area (Å²) in [7, 11) is 0. The van der Waals surface area contributed by atoms with Gasteiger partial charge in [0.2, 0.25) is 5.88 Å². The van der Waals surface area contributed by atoms with E-state index < -0.39 is 5.92 Å². The Balaban J connectivity index is 2.24. The Morgan fingerprint density at radius 3 is 2.67 bits per heavy atom. The molecular weight excluding hydrogens is 300 g/mol. The summed E-state index contributed by atoms with van der Waals surface area (Å²) < 4.78 is 5.72. The van der Waals surface area contributed by atoms with Crippen LogP contribution < -0.4 is 5.73 Å². The van der Waals surface area contributed by atoms with Crippen LogP contribution in [0, 0.1) is 30.6 Å². The van der Waals surface area contributed by atoms with Gasteiger partial charge >= 0.3 is 0 Å². The quantitative estimate of drug-likeness (QED) is 0.854. The fourth-order valence-electron chi connectivity index (χ4n) is 3.67. The van der Waals surface area contributed by atoms with Gasteiger partial charge in [-0.1, -0.05) is 37.6 Å². The predicted octanol–water partition coefficient (Wildman–Crippen LogP) is 3.75. The zero-order valence-corrected chi connectivity index (χ0v) is 14.6. The summed E-state index contributed by atoms with van der Waals surface area (Å²) in [6.45, 7) is 8.09. The van der Waals surface area contributed by atoms with Gasteiger partial charge in [0.15, 0.2) is 5.78 Å². The third-order valence-corrected chi connectivity index (χ3v) is 4.82. The van der Waals surface area contributed by atoms with E-state index >= 15 is 0 Å². The fraction of sp³-hybridized carbons (Fsp3) is 0.400. The van der Waals surface area contributed by atoms with Crippen LogP contribution in [0.1, 0.15) is 49.3 Å². The molecule has 0 radical (unpaired) electrons. The zero-order chi connectivity index (χ0) is 17.6. The molecule has 0 saturated carbocycles. The average Bonchev–Trinajstić information content (AvgIpc) is 2.47. The van der Waals surface area contributed by atoms with Crippen LogP contribution in [-0.2, 0) is 9.53 Å². The number of rotatable bonds is 1. The fourth-order valence-corrected chi connectivity index (χ4v) is 3.67. The molecule has 24 heavy (non-hydrogen) atoms. The van der Waals surface area contributed by atoms with Crippen LogP contribution in [0.4, 0.5) is 0 Å². The van der Waals surface area contributed by atoms with Gasteiger partial charge in [-0.15, -0.1) is 0 Å². The Kier molecular flexibility index (Phi) is 3.76. The SMILES string of the molecule is Cc1ccc(C)c([C@@H]2C(C#N)=C(N)OC3=C2C(=O)CC(C)(C)C3)c1. The first-order valence-electron chi connectivity index (χ1n) is 8.14. The van der Waals surface area contributed by atoms with Gasteiger partial charge in [0.25, 0.3) is 0 Å². The molecule has 1 aromatic carbocycles. The van der Waals surface area contributed by atoms with Crippen LogP contribution >= 0.6 is 0 Å². The lowest BCUT2D eigenvalue weighted by molar-refractivity contribution is -0.119. The first-order valence-corrected chi connectivity index (χ1v) is 8.14. The lowest BCUT2D eigenvalue weighted by Gasteiger charge is -2.37. The molecule has 0 unspecified atom stereocenters.